The molecular formula is C20H23N8O12P. The van der Waals surface area contributed by atoms with Crippen LogP contribution < -0.4 is 11.1 Å². The van der Waals surface area contributed by atoms with Gasteiger partial charge in [-0.1, -0.05) is 0 Å². The number of ether oxygens (including phenoxy) is 2. The molecule has 2 aliphatic rings. The molecule has 4 aromatic heterocycles. The number of fused-ring (bicyclic) bond motifs is 2. The summed E-state index contributed by atoms with van der Waals surface area (Å²) >= 11 is 0. The maximum Gasteiger partial charge on any atom is 0.472 e. The molecule has 9 atom stereocenters. The number of imidazole rings is 2. The number of nitrogens with zero attached hydrogens (tertiary/aromatic N) is 6. The highest BCUT2D eigenvalue weighted by molar-refractivity contribution is 7.47. The molecule has 9 unspecified atom stereocenters. The molecule has 7 N–H and O–H groups in total. The number of aliphatic hydroxyl groups excluding tert-OH is 4. The zero-order valence-corrected chi connectivity index (χ0v) is 21.5. The van der Waals surface area contributed by atoms with Gasteiger partial charge < -0.3 is 44.8 Å². The highest BCUT2D eigenvalue weighted by atomic mass is 31.2. The summed E-state index contributed by atoms with van der Waals surface area (Å²) in [4.78, 5) is 54.8. The van der Waals surface area contributed by atoms with E-state index >= 15 is 0 Å². The second-order valence-electron chi connectivity index (χ2n) is 9.23. The second kappa shape index (κ2) is 10.4. The zero-order valence-electron chi connectivity index (χ0n) is 20.6. The molecule has 0 amide bonds. The van der Waals surface area contributed by atoms with Gasteiger partial charge in [-0.3, -0.25) is 27.8 Å². The molecule has 0 spiro atoms. The van der Waals surface area contributed by atoms with Crippen molar-refractivity contribution >= 4 is 30.2 Å². The lowest BCUT2D eigenvalue weighted by atomic mass is 10.1. The first-order valence-corrected chi connectivity index (χ1v) is 13.5. The fourth-order valence-corrected chi connectivity index (χ4v) is 5.74. The van der Waals surface area contributed by atoms with Gasteiger partial charge in [0.1, 0.15) is 36.6 Å². The number of phosphoric ester groups is 1. The normalized spacial score (nSPS) is 31.7. The number of aromatic nitrogens is 8. The van der Waals surface area contributed by atoms with Crippen molar-refractivity contribution in [1.29, 1.82) is 0 Å². The molecule has 2 aliphatic heterocycles. The summed E-state index contributed by atoms with van der Waals surface area (Å²) in [6.45, 7) is -1.48. The number of aromatic amines is 2. The molecule has 0 aliphatic carbocycles. The quantitative estimate of drug-likeness (QED) is 0.0974. The molecular weight excluding hydrogens is 575 g/mol. The Bertz CT molecular complexity index is 1740. The van der Waals surface area contributed by atoms with Gasteiger partial charge in [-0.25, -0.2) is 24.5 Å². The number of hydrogen-bond donors (Lipinski definition) is 7. The van der Waals surface area contributed by atoms with Crippen LogP contribution in [0.4, 0.5) is 0 Å². The SMILES string of the molecule is O=c1[nH]cnc2c1ncn2C1OC(COP(=O)(O)OC2C(CO)OC(n3cnc4c(=O)[nH]cnc43)C2O)C(O)C1O. The molecule has 4 aromatic rings. The average Bonchev–Trinajstić information content (AvgIpc) is 3.70. The number of phosphoric acid groups is 1. The van der Waals surface area contributed by atoms with E-state index in [1.165, 1.54) is 21.8 Å². The Morgan fingerprint density at radius 1 is 0.854 bits per heavy atom. The number of H-pyrrole nitrogens is 2. The lowest BCUT2D eigenvalue weighted by Gasteiger charge is -2.23. The first-order valence-electron chi connectivity index (χ1n) is 12.0. The summed E-state index contributed by atoms with van der Waals surface area (Å²) < 4.78 is 36.6. The fraction of sp³-hybridized carbons (Fsp3) is 0.500. The van der Waals surface area contributed by atoms with Gasteiger partial charge in [0.2, 0.25) is 0 Å². The van der Waals surface area contributed by atoms with E-state index in [2.05, 4.69) is 29.9 Å². The molecule has 20 nitrogen and oxygen atoms in total. The Kier molecular flexibility index (Phi) is 7.06. The predicted molar refractivity (Wildman–Crippen MR) is 130 cm³/mol. The van der Waals surface area contributed by atoms with Crippen LogP contribution in [0.2, 0.25) is 0 Å². The van der Waals surface area contributed by atoms with Crippen LogP contribution in [0.1, 0.15) is 12.5 Å². The van der Waals surface area contributed by atoms with Crippen molar-refractivity contribution in [3.8, 4) is 0 Å². The molecule has 2 fully saturated rings. The first-order chi connectivity index (χ1) is 19.6. The van der Waals surface area contributed by atoms with Gasteiger partial charge in [-0.15, -0.1) is 0 Å². The largest absolute Gasteiger partial charge is 0.472 e. The van der Waals surface area contributed by atoms with E-state index in [4.69, 9.17) is 18.5 Å². The van der Waals surface area contributed by atoms with Gasteiger partial charge in [-0.2, -0.15) is 0 Å². The van der Waals surface area contributed by atoms with Crippen molar-refractivity contribution in [3.63, 3.8) is 0 Å². The van der Waals surface area contributed by atoms with Gasteiger partial charge in [0.15, 0.2) is 34.8 Å². The average molecular weight is 598 g/mol. The molecule has 220 valence electrons. The monoisotopic (exact) mass is 598 g/mol. The number of rotatable bonds is 8. The lowest BCUT2D eigenvalue weighted by molar-refractivity contribution is -0.0585. The molecule has 0 aromatic carbocycles. The molecule has 6 heterocycles. The van der Waals surface area contributed by atoms with Crippen molar-refractivity contribution in [3.05, 3.63) is 46.0 Å². The highest BCUT2D eigenvalue weighted by Crippen LogP contribution is 2.49. The molecule has 6 rings (SSSR count). The van der Waals surface area contributed by atoms with Crippen LogP contribution in [0.5, 0.6) is 0 Å². The Morgan fingerprint density at radius 2 is 1.39 bits per heavy atom. The third-order valence-corrected chi connectivity index (χ3v) is 7.75. The van der Waals surface area contributed by atoms with E-state index in [0.717, 1.165) is 12.7 Å². The summed E-state index contributed by atoms with van der Waals surface area (Å²) in [6.07, 6.45) is -7.03. The molecule has 41 heavy (non-hydrogen) atoms. The Balaban J connectivity index is 1.14. The smallest absolute Gasteiger partial charge is 0.394 e. The van der Waals surface area contributed by atoms with Crippen LogP contribution in [-0.2, 0) is 23.1 Å². The van der Waals surface area contributed by atoms with Crippen LogP contribution in [0.15, 0.2) is 34.9 Å². The third-order valence-electron chi connectivity index (χ3n) is 6.76. The minimum absolute atomic E-state index is 0.0360. The van der Waals surface area contributed by atoms with Crippen LogP contribution in [0, 0.1) is 0 Å². The van der Waals surface area contributed by atoms with Crippen LogP contribution in [0.3, 0.4) is 0 Å². The van der Waals surface area contributed by atoms with E-state index in [1.54, 1.807) is 0 Å². The van der Waals surface area contributed by atoms with Gasteiger partial charge in [0, 0.05) is 0 Å². The van der Waals surface area contributed by atoms with Gasteiger partial charge >= 0.3 is 7.82 Å². The molecule has 0 bridgehead atoms. The minimum Gasteiger partial charge on any atom is -0.394 e. The second-order valence-corrected chi connectivity index (χ2v) is 10.6. The maximum absolute atomic E-state index is 12.8. The highest BCUT2D eigenvalue weighted by Gasteiger charge is 2.50. The molecule has 0 saturated carbocycles. The van der Waals surface area contributed by atoms with Crippen molar-refractivity contribution in [2.45, 2.75) is 49.1 Å². The third kappa shape index (κ3) is 4.78. The Hall–Kier alpha value is -3.43. The van der Waals surface area contributed by atoms with E-state index in [0.29, 0.717) is 0 Å². The topological polar surface area (TPSA) is 282 Å². The summed E-state index contributed by atoms with van der Waals surface area (Å²) in [5.41, 5.74) is -1.06. The lowest BCUT2D eigenvalue weighted by Crippen LogP contribution is -2.36. The van der Waals surface area contributed by atoms with Crippen molar-refractivity contribution < 1.29 is 48.4 Å². The summed E-state index contributed by atoms with van der Waals surface area (Å²) in [5.74, 6) is 0. The van der Waals surface area contributed by atoms with Crippen LogP contribution >= 0.6 is 7.82 Å². The fourth-order valence-electron chi connectivity index (χ4n) is 4.77. The van der Waals surface area contributed by atoms with E-state index < -0.39 is 81.2 Å². The summed E-state index contributed by atoms with van der Waals surface area (Å²) in [7, 11) is -5.01. The standard InChI is InChI=1S/C20H23N8O12P/c29-1-7-14(13(32)20(38-7)28-6-26-10-16(28)22-4-24-18(10)34)40-41(35,36)37-2-8-11(30)12(31)19(39-8)27-5-25-9-15(27)21-3-23-17(9)33/h3-8,11-14,19-20,29-32H,1-2H2,(H,35,36)(H,21,23,33)(H,22,24,34). The van der Waals surface area contributed by atoms with Crippen molar-refractivity contribution in [2.24, 2.45) is 0 Å². The van der Waals surface area contributed by atoms with E-state index in [1.807, 2.05) is 0 Å². The van der Waals surface area contributed by atoms with Crippen LogP contribution in [0.25, 0.3) is 22.3 Å². The van der Waals surface area contributed by atoms with E-state index in [9.17, 15) is 39.5 Å². The van der Waals surface area contributed by atoms with Crippen molar-refractivity contribution in [1.82, 2.24) is 39.0 Å². The summed E-state index contributed by atoms with van der Waals surface area (Å²) in [5, 5.41) is 41.6. The summed E-state index contributed by atoms with van der Waals surface area (Å²) in [6, 6.07) is 0. The predicted octanol–water partition coefficient (Wildman–Crippen LogP) is -3.38. The molecule has 2 saturated heterocycles. The number of aliphatic hydroxyl groups is 4. The van der Waals surface area contributed by atoms with Gasteiger partial charge in [0.05, 0.1) is 38.5 Å². The molecule has 21 heteroatoms. The number of nitrogens with one attached hydrogen (secondary N) is 2. The zero-order chi connectivity index (χ0) is 29.1. The Labute approximate surface area is 226 Å². The first kappa shape index (κ1) is 27.7. The van der Waals surface area contributed by atoms with Gasteiger partial charge in [-0.05, 0) is 0 Å². The Morgan fingerprint density at radius 3 is 1.95 bits per heavy atom. The van der Waals surface area contributed by atoms with Crippen molar-refractivity contribution in [2.75, 3.05) is 13.2 Å². The van der Waals surface area contributed by atoms with Gasteiger partial charge in [0.25, 0.3) is 11.1 Å². The van der Waals surface area contributed by atoms with E-state index in [-0.39, 0.29) is 22.3 Å². The number of hydrogen-bond acceptors (Lipinski definition) is 15. The molecule has 0 radical (unpaired) electrons. The minimum atomic E-state index is -5.01. The van der Waals surface area contributed by atoms with Crippen LogP contribution in [-0.4, -0.2) is 114 Å². The maximum atomic E-state index is 12.8.